The van der Waals surface area contributed by atoms with Crippen LogP contribution in [0.2, 0.25) is 0 Å². The summed E-state index contributed by atoms with van der Waals surface area (Å²) >= 11 is 1.69. The Bertz CT molecular complexity index is 865. The molecule has 1 fully saturated rings. The van der Waals surface area contributed by atoms with Gasteiger partial charge in [0.05, 0.1) is 11.4 Å². The Morgan fingerprint density at radius 3 is 2.71 bits per heavy atom. The monoisotopic (exact) mass is 392 g/mol. The van der Waals surface area contributed by atoms with Crippen LogP contribution in [0.15, 0.2) is 60.1 Å². The standard InChI is InChI=1S/C23H28N4S/c1-18-14-27(15-19-8-4-3-5-9-19)13-11-22(18)26(2)16-20-17-28-23(25-20)21-10-6-7-12-24-21/h3-10,12,17-18,22H,11,13-16H2,1-2H3/t18-,22-/m1/s1. The molecule has 5 heteroatoms. The number of thiazole rings is 1. The van der Waals surface area contributed by atoms with Crippen LogP contribution in [0.5, 0.6) is 0 Å². The molecule has 0 N–H and O–H groups in total. The molecule has 0 spiro atoms. The Kier molecular flexibility index (Phi) is 6.15. The molecule has 146 valence electrons. The number of pyridine rings is 1. The van der Waals surface area contributed by atoms with Gasteiger partial charge in [-0.2, -0.15) is 0 Å². The summed E-state index contributed by atoms with van der Waals surface area (Å²) in [5, 5.41) is 3.19. The van der Waals surface area contributed by atoms with E-state index in [2.05, 4.69) is 64.5 Å². The number of likely N-dealkylation sites (tertiary alicyclic amines) is 1. The van der Waals surface area contributed by atoms with Crippen molar-refractivity contribution in [3.05, 3.63) is 71.4 Å². The Labute approximate surface area is 171 Å². The summed E-state index contributed by atoms with van der Waals surface area (Å²) in [5.41, 5.74) is 3.52. The smallest absolute Gasteiger partial charge is 0.142 e. The molecule has 3 aromatic rings. The van der Waals surface area contributed by atoms with Gasteiger partial charge >= 0.3 is 0 Å². The average molecular weight is 393 g/mol. The van der Waals surface area contributed by atoms with Crippen molar-refractivity contribution in [1.82, 2.24) is 19.8 Å². The molecule has 0 bridgehead atoms. The maximum atomic E-state index is 4.82. The van der Waals surface area contributed by atoms with Crippen LogP contribution in [0.4, 0.5) is 0 Å². The van der Waals surface area contributed by atoms with Crippen molar-refractivity contribution >= 4 is 11.3 Å². The quantitative estimate of drug-likeness (QED) is 0.616. The van der Waals surface area contributed by atoms with E-state index < -0.39 is 0 Å². The predicted molar refractivity (Wildman–Crippen MR) is 116 cm³/mol. The van der Waals surface area contributed by atoms with Gasteiger partial charge in [-0.1, -0.05) is 43.3 Å². The van der Waals surface area contributed by atoms with Crippen molar-refractivity contribution in [3.63, 3.8) is 0 Å². The Hall–Kier alpha value is -2.08. The summed E-state index contributed by atoms with van der Waals surface area (Å²) in [7, 11) is 2.24. The molecular formula is C23H28N4S. The zero-order valence-corrected chi connectivity index (χ0v) is 17.5. The fraction of sp³-hybridized carbons (Fsp3) is 0.391. The fourth-order valence-corrected chi connectivity index (χ4v) is 5.01. The topological polar surface area (TPSA) is 32.3 Å². The molecule has 2 atom stereocenters. The average Bonchev–Trinajstić information content (AvgIpc) is 3.18. The second kappa shape index (κ2) is 8.95. The van der Waals surface area contributed by atoms with Gasteiger partial charge in [-0.05, 0) is 43.6 Å². The van der Waals surface area contributed by atoms with E-state index in [0.29, 0.717) is 12.0 Å². The molecule has 28 heavy (non-hydrogen) atoms. The van der Waals surface area contributed by atoms with Gasteiger partial charge in [-0.15, -0.1) is 11.3 Å². The van der Waals surface area contributed by atoms with Crippen molar-refractivity contribution in [3.8, 4) is 10.7 Å². The molecule has 1 saturated heterocycles. The van der Waals surface area contributed by atoms with Gasteiger partial charge < -0.3 is 0 Å². The fourth-order valence-electron chi connectivity index (χ4n) is 4.22. The van der Waals surface area contributed by atoms with Crippen LogP contribution >= 0.6 is 11.3 Å². The first-order chi connectivity index (χ1) is 13.7. The second-order valence-electron chi connectivity index (χ2n) is 7.83. The molecule has 2 aromatic heterocycles. The van der Waals surface area contributed by atoms with E-state index >= 15 is 0 Å². The second-order valence-corrected chi connectivity index (χ2v) is 8.69. The molecule has 3 heterocycles. The highest BCUT2D eigenvalue weighted by Crippen LogP contribution is 2.26. The minimum Gasteiger partial charge on any atom is -0.299 e. The molecule has 0 amide bonds. The van der Waals surface area contributed by atoms with Crippen LogP contribution in [0.1, 0.15) is 24.6 Å². The number of nitrogens with zero attached hydrogens (tertiary/aromatic N) is 4. The molecule has 4 rings (SSSR count). The van der Waals surface area contributed by atoms with E-state index in [9.17, 15) is 0 Å². The Balaban J connectivity index is 1.33. The van der Waals surface area contributed by atoms with E-state index in [-0.39, 0.29) is 0 Å². The van der Waals surface area contributed by atoms with Crippen LogP contribution in [-0.4, -0.2) is 45.9 Å². The summed E-state index contributed by atoms with van der Waals surface area (Å²) < 4.78 is 0. The lowest BCUT2D eigenvalue weighted by atomic mass is 9.92. The minimum atomic E-state index is 0.604. The molecule has 0 radical (unpaired) electrons. The highest BCUT2D eigenvalue weighted by molar-refractivity contribution is 7.13. The highest BCUT2D eigenvalue weighted by Gasteiger charge is 2.29. The molecule has 1 aromatic carbocycles. The maximum Gasteiger partial charge on any atom is 0.142 e. The van der Waals surface area contributed by atoms with Gasteiger partial charge in [0.1, 0.15) is 5.01 Å². The van der Waals surface area contributed by atoms with Gasteiger partial charge in [-0.3, -0.25) is 14.8 Å². The van der Waals surface area contributed by atoms with Crippen molar-refractivity contribution in [2.75, 3.05) is 20.1 Å². The van der Waals surface area contributed by atoms with Gasteiger partial charge in [0.25, 0.3) is 0 Å². The number of hydrogen-bond donors (Lipinski definition) is 0. The lowest BCUT2D eigenvalue weighted by molar-refractivity contribution is 0.0714. The Morgan fingerprint density at radius 2 is 1.96 bits per heavy atom. The molecule has 0 saturated carbocycles. The lowest BCUT2D eigenvalue weighted by Gasteiger charge is -2.41. The van der Waals surface area contributed by atoms with Crippen LogP contribution in [0, 0.1) is 5.92 Å². The third kappa shape index (κ3) is 4.66. The number of rotatable bonds is 6. The molecule has 1 aliphatic heterocycles. The van der Waals surface area contributed by atoms with Gasteiger partial charge in [0, 0.05) is 37.3 Å². The minimum absolute atomic E-state index is 0.604. The van der Waals surface area contributed by atoms with E-state index in [1.165, 1.54) is 12.0 Å². The zero-order chi connectivity index (χ0) is 19.3. The van der Waals surface area contributed by atoms with Crippen molar-refractivity contribution in [2.45, 2.75) is 32.5 Å². The van der Waals surface area contributed by atoms with Crippen molar-refractivity contribution in [1.29, 1.82) is 0 Å². The third-order valence-corrected chi connectivity index (χ3v) is 6.52. The molecule has 0 unspecified atom stereocenters. The first-order valence-corrected chi connectivity index (χ1v) is 10.9. The van der Waals surface area contributed by atoms with Crippen LogP contribution in [0.3, 0.4) is 0 Å². The van der Waals surface area contributed by atoms with Crippen LogP contribution in [-0.2, 0) is 13.1 Å². The first kappa shape index (κ1) is 19.2. The summed E-state index contributed by atoms with van der Waals surface area (Å²) in [4.78, 5) is 14.3. The molecule has 4 nitrogen and oxygen atoms in total. The van der Waals surface area contributed by atoms with Gasteiger partial charge in [-0.25, -0.2) is 4.98 Å². The van der Waals surface area contributed by atoms with E-state index in [1.807, 2.05) is 24.4 Å². The predicted octanol–water partition coefficient (Wildman–Crippen LogP) is 4.55. The number of aromatic nitrogens is 2. The molecular weight excluding hydrogens is 364 g/mol. The van der Waals surface area contributed by atoms with Crippen molar-refractivity contribution in [2.24, 2.45) is 5.92 Å². The summed E-state index contributed by atoms with van der Waals surface area (Å²) in [5.74, 6) is 0.649. The van der Waals surface area contributed by atoms with E-state index in [0.717, 1.165) is 42.6 Å². The zero-order valence-electron chi connectivity index (χ0n) is 16.7. The van der Waals surface area contributed by atoms with E-state index in [1.54, 1.807) is 11.3 Å². The lowest BCUT2D eigenvalue weighted by Crippen LogP contribution is -2.48. The number of piperidine rings is 1. The van der Waals surface area contributed by atoms with Gasteiger partial charge in [0.15, 0.2) is 0 Å². The molecule has 1 aliphatic rings. The first-order valence-electron chi connectivity index (χ1n) is 10.0. The van der Waals surface area contributed by atoms with Crippen LogP contribution < -0.4 is 0 Å². The summed E-state index contributed by atoms with van der Waals surface area (Å²) in [6, 6.07) is 17.4. The highest BCUT2D eigenvalue weighted by atomic mass is 32.1. The number of hydrogen-bond acceptors (Lipinski definition) is 5. The normalized spacial score (nSPS) is 20.5. The van der Waals surface area contributed by atoms with E-state index in [4.69, 9.17) is 4.98 Å². The van der Waals surface area contributed by atoms with Crippen LogP contribution in [0.25, 0.3) is 10.7 Å². The summed E-state index contributed by atoms with van der Waals surface area (Å²) in [6.07, 6.45) is 3.04. The summed E-state index contributed by atoms with van der Waals surface area (Å²) in [6.45, 7) is 6.65. The molecule has 0 aliphatic carbocycles. The largest absolute Gasteiger partial charge is 0.299 e. The maximum absolute atomic E-state index is 4.82. The number of benzene rings is 1. The van der Waals surface area contributed by atoms with Crippen molar-refractivity contribution < 1.29 is 0 Å². The Morgan fingerprint density at radius 1 is 1.14 bits per heavy atom. The van der Waals surface area contributed by atoms with Gasteiger partial charge in [0.2, 0.25) is 0 Å². The third-order valence-electron chi connectivity index (χ3n) is 5.61. The SMILES string of the molecule is C[C@@H]1CN(Cc2ccccc2)CC[C@H]1N(C)Cc1csc(-c2ccccn2)n1.